The van der Waals surface area contributed by atoms with Gasteiger partial charge in [0.2, 0.25) is 0 Å². The second-order valence-electron chi connectivity index (χ2n) is 13.2. The van der Waals surface area contributed by atoms with E-state index >= 15 is 0 Å². The summed E-state index contributed by atoms with van der Waals surface area (Å²) in [6.45, 7) is 13.8. The summed E-state index contributed by atoms with van der Waals surface area (Å²) in [5.74, 6) is 1.39. The average Bonchev–Trinajstić information content (AvgIpc) is 3.48. The predicted molar refractivity (Wildman–Crippen MR) is 181 cm³/mol. The third-order valence-electron chi connectivity index (χ3n) is 9.69. The van der Waals surface area contributed by atoms with Gasteiger partial charge >= 0.3 is 271 Å². The van der Waals surface area contributed by atoms with Gasteiger partial charge in [0, 0.05) is 0 Å². The van der Waals surface area contributed by atoms with Gasteiger partial charge < -0.3 is 0 Å². The summed E-state index contributed by atoms with van der Waals surface area (Å²) in [4.78, 5) is 0. The van der Waals surface area contributed by atoms with Crippen LogP contribution in [0.2, 0.25) is 12.1 Å². The van der Waals surface area contributed by atoms with Gasteiger partial charge in [0.15, 0.2) is 0 Å². The first-order valence-electron chi connectivity index (χ1n) is 15.7. The molecule has 0 aliphatic heterocycles. The van der Waals surface area contributed by atoms with Gasteiger partial charge in [-0.1, -0.05) is 0 Å². The number of fused-ring (bicyclic) bond motifs is 2. The second kappa shape index (κ2) is 12.2. The number of benzene rings is 4. The maximum atomic E-state index is 2.50. The molecule has 2 aliphatic rings. The van der Waals surface area contributed by atoms with Crippen molar-refractivity contribution in [3.63, 3.8) is 0 Å². The van der Waals surface area contributed by atoms with E-state index in [1.54, 1.807) is 46.2 Å². The first kappa shape index (κ1) is 29.5. The number of hydrogen-bond acceptors (Lipinski definition) is 0. The number of allylic oxidation sites excluding steroid dienone is 2. The molecular weight excluding hydrogens is 600 g/mol. The van der Waals surface area contributed by atoms with Crippen LogP contribution >= 0.6 is 0 Å². The molecule has 2 atom stereocenters. The Morgan fingerprint density at radius 1 is 0.571 bits per heavy atom. The monoisotopic (exact) mass is 641 g/mol. The summed E-state index contributed by atoms with van der Waals surface area (Å²) in [5.41, 5.74) is 17.5. The van der Waals surface area contributed by atoms with Crippen molar-refractivity contribution in [1.29, 1.82) is 0 Å². The molecule has 0 saturated carbocycles. The Balaban J connectivity index is 1.21. The van der Waals surface area contributed by atoms with Gasteiger partial charge in [0.25, 0.3) is 0 Å². The van der Waals surface area contributed by atoms with Crippen molar-refractivity contribution in [2.45, 2.75) is 77.3 Å². The van der Waals surface area contributed by atoms with Crippen LogP contribution in [-0.2, 0) is 23.9 Å². The number of hydrogen-bond donors (Lipinski definition) is 0. The van der Waals surface area contributed by atoms with E-state index in [9.17, 15) is 0 Å². The van der Waals surface area contributed by atoms with E-state index in [0.29, 0.717) is 23.7 Å². The zero-order valence-corrected chi connectivity index (χ0v) is 29.7. The Labute approximate surface area is 269 Å². The van der Waals surface area contributed by atoms with Gasteiger partial charge in [-0.05, 0) is 0 Å². The topological polar surface area (TPSA) is 0 Å². The van der Waals surface area contributed by atoms with Crippen LogP contribution in [0.1, 0.15) is 98.6 Å². The van der Waals surface area contributed by atoms with Crippen LogP contribution in [0.15, 0.2) is 96.1 Å². The van der Waals surface area contributed by atoms with Crippen LogP contribution in [0, 0.1) is 0 Å². The predicted octanol–water partition coefficient (Wildman–Crippen LogP) is 11.2. The van der Waals surface area contributed by atoms with Crippen LogP contribution in [0.3, 0.4) is 0 Å². The Hall–Kier alpha value is -2.54. The zero-order valence-electron chi connectivity index (χ0n) is 26.0. The molecule has 0 saturated heterocycles. The van der Waals surface area contributed by atoms with E-state index in [4.69, 9.17) is 0 Å². The Bertz CT molecular complexity index is 1530. The van der Waals surface area contributed by atoms with Crippen molar-refractivity contribution in [2.24, 2.45) is 0 Å². The third kappa shape index (κ3) is 5.70. The molecule has 0 nitrogen and oxygen atoms in total. The molecule has 2 aliphatic carbocycles. The first-order chi connectivity index (χ1) is 20.2. The summed E-state index contributed by atoms with van der Waals surface area (Å²) in [6.07, 6.45) is 4.99. The van der Waals surface area contributed by atoms with Crippen molar-refractivity contribution in [2.75, 3.05) is 0 Å². The quantitative estimate of drug-likeness (QED) is 0.168. The molecule has 0 N–H and O–H groups in total. The fourth-order valence-electron chi connectivity index (χ4n) is 7.13. The van der Waals surface area contributed by atoms with Crippen molar-refractivity contribution in [3.05, 3.63) is 129 Å². The fraction of sp³-hybridized carbons (Fsp3) is 0.300. The average molecular weight is 643 g/mol. The summed E-state index contributed by atoms with van der Waals surface area (Å²) < 4.78 is 0. The molecule has 2 unspecified atom stereocenters. The van der Waals surface area contributed by atoms with E-state index in [2.05, 4.69) is 139 Å². The molecule has 0 heterocycles. The Kier molecular flexibility index (Phi) is 8.59. The van der Waals surface area contributed by atoms with Crippen molar-refractivity contribution in [1.82, 2.24) is 0 Å². The SMILES string of the molecule is CC1=Cc2c(-c3ccc(C(C)C)cc3)cccc2C1C[SiH]([Zr])CC1C(C)=Cc2c(-c3ccc(C(C)C)cc3)cccc21. The van der Waals surface area contributed by atoms with Gasteiger partial charge in [0.05, 0.1) is 0 Å². The van der Waals surface area contributed by atoms with Crippen LogP contribution in [0.25, 0.3) is 34.4 Å². The van der Waals surface area contributed by atoms with E-state index in [0.717, 1.165) is 0 Å². The molecule has 0 fully saturated rings. The molecule has 2 heteroatoms. The molecule has 211 valence electrons. The second-order valence-corrected chi connectivity index (χ2v) is 21.6. The van der Waals surface area contributed by atoms with Crippen LogP contribution in [0.4, 0.5) is 0 Å². The molecule has 0 radical (unpaired) electrons. The Morgan fingerprint density at radius 3 is 1.31 bits per heavy atom. The van der Waals surface area contributed by atoms with Gasteiger partial charge in [-0.2, -0.15) is 0 Å². The van der Waals surface area contributed by atoms with E-state index in [1.807, 2.05) is 0 Å². The van der Waals surface area contributed by atoms with Crippen LogP contribution < -0.4 is 0 Å². The fourth-order valence-corrected chi connectivity index (χ4v) is 13.2. The van der Waals surface area contributed by atoms with E-state index in [1.165, 1.54) is 56.6 Å². The third-order valence-corrected chi connectivity index (χ3v) is 15.2. The summed E-state index contributed by atoms with van der Waals surface area (Å²) in [5, 5.41) is 0. The van der Waals surface area contributed by atoms with E-state index in [-0.39, 0.29) is 0 Å². The molecule has 4 aromatic carbocycles. The van der Waals surface area contributed by atoms with Crippen molar-refractivity contribution in [3.8, 4) is 22.3 Å². The zero-order chi connectivity index (χ0) is 29.5. The van der Waals surface area contributed by atoms with Crippen molar-refractivity contribution >= 4 is 18.1 Å². The van der Waals surface area contributed by atoms with E-state index < -0.39 is 5.92 Å². The molecule has 4 aromatic rings. The van der Waals surface area contributed by atoms with Crippen LogP contribution in [0.5, 0.6) is 0 Å². The molecule has 42 heavy (non-hydrogen) atoms. The summed E-state index contributed by atoms with van der Waals surface area (Å²) in [7, 11) is 0. The summed E-state index contributed by atoms with van der Waals surface area (Å²) in [6, 6.07) is 35.3. The molecule has 0 aromatic heterocycles. The Morgan fingerprint density at radius 2 is 0.952 bits per heavy atom. The molecular formula is C40H43SiZr. The maximum absolute atomic E-state index is 2.50. The van der Waals surface area contributed by atoms with Gasteiger partial charge in [-0.15, -0.1) is 0 Å². The molecule has 0 amide bonds. The van der Waals surface area contributed by atoms with Crippen molar-refractivity contribution < 1.29 is 23.9 Å². The van der Waals surface area contributed by atoms with Gasteiger partial charge in [-0.25, -0.2) is 0 Å². The molecule has 0 bridgehead atoms. The molecule has 6 rings (SSSR count). The molecule has 0 spiro atoms. The first-order valence-corrected chi connectivity index (χ1v) is 22.2. The normalized spacial score (nSPS) is 18.2. The summed E-state index contributed by atoms with van der Waals surface area (Å²) >= 11 is 1.79. The van der Waals surface area contributed by atoms with Crippen LogP contribution in [-0.4, -0.2) is 5.92 Å². The van der Waals surface area contributed by atoms with Gasteiger partial charge in [0.1, 0.15) is 0 Å². The number of rotatable bonds is 8. The van der Waals surface area contributed by atoms with Gasteiger partial charge in [-0.3, -0.25) is 0 Å². The standard InChI is InChI=1S/C40H43Si.Zr/c1-25(2)29-13-17-31(18-14-29)33-9-7-11-35-37(33)21-27(5)39(35)23-41-24-40-28(6)22-38-34(10-8-12-36(38)40)32-19-15-30(16-20-32)26(3)4;/h7-22,25-26,39-41H,23-24H2,1-6H3;. The minimum atomic E-state index is -0.910. The minimum absolute atomic E-state index is 0.564.